The largest absolute Gasteiger partial charge is 0.481 e. The Morgan fingerprint density at radius 2 is 1.67 bits per heavy atom. The van der Waals surface area contributed by atoms with Gasteiger partial charge in [0.25, 0.3) is 0 Å². The number of nitrogens with zero attached hydrogens (tertiary/aromatic N) is 2. The van der Waals surface area contributed by atoms with Crippen LogP contribution in [0.1, 0.15) is 24.5 Å². The second-order valence-electron chi connectivity index (χ2n) is 5.39. The number of carboxylic acids is 1. The number of carbonyl (C=O) groups excluding carboxylic acids is 1. The predicted molar refractivity (Wildman–Crippen MR) is 82.0 cm³/mol. The minimum Gasteiger partial charge on any atom is -0.481 e. The lowest BCUT2D eigenvalue weighted by atomic mass is 10.1. The summed E-state index contributed by atoms with van der Waals surface area (Å²) in [4.78, 5) is 26.2. The smallest absolute Gasteiger partial charge is 0.307 e. The number of hydrogen-bond acceptors (Lipinski definition) is 3. The van der Waals surface area contributed by atoms with Crippen LogP contribution in [0.15, 0.2) is 24.3 Å². The molecule has 0 bridgehead atoms. The minimum absolute atomic E-state index is 0.0398. The highest BCUT2D eigenvalue weighted by atomic mass is 16.4. The van der Waals surface area contributed by atoms with Crippen molar-refractivity contribution in [3.63, 3.8) is 0 Å². The molecule has 0 aromatic heterocycles. The number of rotatable bonds is 8. The molecule has 21 heavy (non-hydrogen) atoms. The molecule has 0 aliphatic heterocycles. The van der Waals surface area contributed by atoms with Crippen molar-refractivity contribution in [2.24, 2.45) is 0 Å². The first kappa shape index (κ1) is 17.2. The van der Waals surface area contributed by atoms with Crippen LogP contribution in [-0.4, -0.2) is 54.0 Å². The standard InChI is InChI=1S/C16H24N2O3/c1-4-9-18(12-15(19)17(2)3)11-14-7-5-13(6-8-14)10-16(20)21/h5-8H,4,9-12H2,1-3H3,(H,20,21). The molecule has 1 rings (SSSR count). The normalized spacial score (nSPS) is 10.7. The van der Waals surface area contributed by atoms with E-state index in [4.69, 9.17) is 5.11 Å². The number of hydrogen-bond donors (Lipinski definition) is 1. The highest BCUT2D eigenvalue weighted by molar-refractivity contribution is 5.77. The van der Waals surface area contributed by atoms with Gasteiger partial charge in [0, 0.05) is 20.6 Å². The topological polar surface area (TPSA) is 60.9 Å². The molecule has 0 unspecified atom stereocenters. The Balaban J connectivity index is 2.65. The molecular formula is C16H24N2O3. The lowest BCUT2D eigenvalue weighted by Crippen LogP contribution is -2.36. The summed E-state index contributed by atoms with van der Waals surface area (Å²) >= 11 is 0. The first-order valence-corrected chi connectivity index (χ1v) is 7.14. The van der Waals surface area contributed by atoms with Crippen LogP contribution >= 0.6 is 0 Å². The molecular weight excluding hydrogens is 268 g/mol. The van der Waals surface area contributed by atoms with E-state index in [-0.39, 0.29) is 12.3 Å². The maximum atomic E-state index is 11.8. The molecule has 0 aliphatic carbocycles. The molecule has 0 radical (unpaired) electrons. The molecule has 0 atom stereocenters. The van der Waals surface area contributed by atoms with Crippen LogP contribution in [0.3, 0.4) is 0 Å². The van der Waals surface area contributed by atoms with Crippen molar-refractivity contribution in [3.8, 4) is 0 Å². The predicted octanol–water partition coefficient (Wildman–Crippen LogP) is 1.61. The van der Waals surface area contributed by atoms with E-state index in [1.807, 2.05) is 24.3 Å². The quantitative estimate of drug-likeness (QED) is 0.791. The van der Waals surface area contributed by atoms with E-state index >= 15 is 0 Å². The van der Waals surface area contributed by atoms with Gasteiger partial charge in [-0.2, -0.15) is 0 Å². The zero-order valence-electron chi connectivity index (χ0n) is 13.0. The molecule has 116 valence electrons. The van der Waals surface area contributed by atoms with Crippen molar-refractivity contribution in [3.05, 3.63) is 35.4 Å². The molecule has 1 N–H and O–H groups in total. The molecule has 0 spiro atoms. The van der Waals surface area contributed by atoms with Crippen molar-refractivity contribution >= 4 is 11.9 Å². The molecule has 0 heterocycles. The van der Waals surface area contributed by atoms with Crippen LogP contribution < -0.4 is 0 Å². The average Bonchev–Trinajstić information content (AvgIpc) is 2.40. The van der Waals surface area contributed by atoms with Crippen LogP contribution in [0, 0.1) is 0 Å². The van der Waals surface area contributed by atoms with Gasteiger partial charge in [-0.15, -0.1) is 0 Å². The Morgan fingerprint density at radius 3 is 2.14 bits per heavy atom. The van der Waals surface area contributed by atoms with Gasteiger partial charge in [0.2, 0.25) is 5.91 Å². The van der Waals surface area contributed by atoms with Crippen molar-refractivity contribution in [1.29, 1.82) is 0 Å². The molecule has 0 fully saturated rings. The highest BCUT2D eigenvalue weighted by Crippen LogP contribution is 2.09. The molecule has 5 nitrogen and oxygen atoms in total. The van der Waals surface area contributed by atoms with Gasteiger partial charge >= 0.3 is 5.97 Å². The maximum Gasteiger partial charge on any atom is 0.307 e. The lowest BCUT2D eigenvalue weighted by Gasteiger charge is -2.23. The Hall–Kier alpha value is -1.88. The Kier molecular flexibility index (Phi) is 6.88. The maximum absolute atomic E-state index is 11.8. The van der Waals surface area contributed by atoms with Gasteiger partial charge in [-0.25, -0.2) is 0 Å². The fraction of sp³-hybridized carbons (Fsp3) is 0.500. The number of likely N-dealkylation sites (N-methyl/N-ethyl adjacent to an activating group) is 1. The van der Waals surface area contributed by atoms with Crippen LogP contribution in [0.4, 0.5) is 0 Å². The molecule has 0 saturated carbocycles. The number of aliphatic carboxylic acids is 1. The van der Waals surface area contributed by atoms with Gasteiger partial charge < -0.3 is 10.0 Å². The Labute approximate surface area is 126 Å². The van der Waals surface area contributed by atoms with Crippen LogP contribution in [0.2, 0.25) is 0 Å². The van der Waals surface area contributed by atoms with E-state index in [2.05, 4.69) is 11.8 Å². The first-order valence-electron chi connectivity index (χ1n) is 7.14. The van der Waals surface area contributed by atoms with Gasteiger partial charge in [-0.1, -0.05) is 31.2 Å². The highest BCUT2D eigenvalue weighted by Gasteiger charge is 2.12. The van der Waals surface area contributed by atoms with Crippen LogP contribution in [0.25, 0.3) is 0 Å². The molecule has 0 aliphatic rings. The molecule has 1 aromatic rings. The molecule has 1 amide bonds. The summed E-state index contributed by atoms with van der Waals surface area (Å²) in [5, 5.41) is 8.75. The monoisotopic (exact) mass is 292 g/mol. The first-order chi connectivity index (χ1) is 9.92. The van der Waals surface area contributed by atoms with Crippen molar-refractivity contribution in [2.75, 3.05) is 27.2 Å². The second-order valence-corrected chi connectivity index (χ2v) is 5.39. The van der Waals surface area contributed by atoms with E-state index in [0.29, 0.717) is 13.1 Å². The summed E-state index contributed by atoms with van der Waals surface area (Å²) in [6, 6.07) is 7.53. The fourth-order valence-corrected chi connectivity index (χ4v) is 2.06. The van der Waals surface area contributed by atoms with Gasteiger partial charge in [0.15, 0.2) is 0 Å². The number of carboxylic acid groups (broad SMARTS) is 1. The van der Waals surface area contributed by atoms with Crippen molar-refractivity contribution in [2.45, 2.75) is 26.3 Å². The zero-order chi connectivity index (χ0) is 15.8. The second kappa shape index (κ2) is 8.42. The minimum atomic E-state index is -0.827. The Morgan fingerprint density at radius 1 is 1.10 bits per heavy atom. The summed E-state index contributed by atoms with van der Waals surface area (Å²) in [5.41, 5.74) is 1.88. The SMILES string of the molecule is CCCN(CC(=O)N(C)C)Cc1ccc(CC(=O)O)cc1. The average molecular weight is 292 g/mol. The van der Waals surface area contributed by atoms with E-state index in [9.17, 15) is 9.59 Å². The third-order valence-corrected chi connectivity index (χ3v) is 3.18. The summed E-state index contributed by atoms with van der Waals surface area (Å²) in [6.07, 6.45) is 1.02. The third-order valence-electron chi connectivity index (χ3n) is 3.18. The zero-order valence-corrected chi connectivity index (χ0v) is 13.0. The van der Waals surface area contributed by atoms with Crippen molar-refractivity contribution < 1.29 is 14.7 Å². The van der Waals surface area contributed by atoms with Gasteiger partial charge in [0.1, 0.15) is 0 Å². The van der Waals surface area contributed by atoms with Gasteiger partial charge in [-0.3, -0.25) is 14.5 Å². The Bertz CT molecular complexity index is 469. The van der Waals surface area contributed by atoms with Crippen molar-refractivity contribution in [1.82, 2.24) is 9.80 Å². The van der Waals surface area contributed by atoms with Gasteiger partial charge in [-0.05, 0) is 24.1 Å². The summed E-state index contributed by atoms with van der Waals surface area (Å²) in [5.74, 6) is -0.738. The summed E-state index contributed by atoms with van der Waals surface area (Å²) in [6.45, 7) is 4.04. The van der Waals surface area contributed by atoms with E-state index in [1.165, 1.54) is 0 Å². The summed E-state index contributed by atoms with van der Waals surface area (Å²) in [7, 11) is 3.51. The number of carbonyl (C=O) groups is 2. The van der Waals surface area contributed by atoms with Crippen LogP contribution in [0.5, 0.6) is 0 Å². The third kappa shape index (κ3) is 6.40. The van der Waals surface area contributed by atoms with Crippen LogP contribution in [-0.2, 0) is 22.6 Å². The fourth-order valence-electron chi connectivity index (χ4n) is 2.06. The number of amides is 1. The van der Waals surface area contributed by atoms with E-state index in [1.54, 1.807) is 19.0 Å². The number of benzene rings is 1. The van der Waals surface area contributed by atoms with E-state index in [0.717, 1.165) is 24.1 Å². The lowest BCUT2D eigenvalue weighted by molar-refractivity contribution is -0.136. The van der Waals surface area contributed by atoms with E-state index < -0.39 is 5.97 Å². The molecule has 0 saturated heterocycles. The summed E-state index contributed by atoms with van der Waals surface area (Å²) < 4.78 is 0. The molecule has 1 aromatic carbocycles. The molecule has 5 heteroatoms. The van der Waals surface area contributed by atoms with Gasteiger partial charge in [0.05, 0.1) is 13.0 Å².